The predicted octanol–water partition coefficient (Wildman–Crippen LogP) is 1.49. The van der Waals surface area contributed by atoms with Gasteiger partial charge in [0.15, 0.2) is 0 Å². The third kappa shape index (κ3) is 2.36. The number of amides is 1. The molecule has 1 N–H and O–H groups in total. The van der Waals surface area contributed by atoms with Crippen molar-refractivity contribution in [3.8, 4) is 0 Å². The topological polar surface area (TPSA) is 71.2 Å². The van der Waals surface area contributed by atoms with Crippen LogP contribution in [0.5, 0.6) is 0 Å². The summed E-state index contributed by atoms with van der Waals surface area (Å²) >= 11 is 0. The van der Waals surface area contributed by atoms with E-state index in [-0.39, 0.29) is 6.03 Å². The van der Waals surface area contributed by atoms with Gasteiger partial charge in [0, 0.05) is 13.1 Å². The van der Waals surface area contributed by atoms with E-state index in [1.807, 2.05) is 0 Å². The molecule has 3 rings (SSSR count). The Labute approximate surface area is 112 Å². The zero-order valence-corrected chi connectivity index (χ0v) is 11.1. The molecule has 2 heterocycles. The first-order chi connectivity index (χ1) is 9.19. The Bertz CT molecular complexity index is 459. The maximum atomic E-state index is 12.1. The summed E-state index contributed by atoms with van der Waals surface area (Å²) < 4.78 is 0. The van der Waals surface area contributed by atoms with Crippen molar-refractivity contribution in [2.24, 2.45) is 0 Å². The molecule has 6 nitrogen and oxygen atoms in total. The fourth-order valence-corrected chi connectivity index (χ4v) is 3.00. The van der Waals surface area contributed by atoms with Gasteiger partial charge in [-0.25, -0.2) is 4.79 Å². The zero-order valence-electron chi connectivity index (χ0n) is 11.1. The quantitative estimate of drug-likeness (QED) is 0.834. The second-order valence-corrected chi connectivity index (χ2v) is 5.59. The van der Waals surface area contributed by atoms with E-state index in [9.17, 15) is 9.90 Å². The highest BCUT2D eigenvalue weighted by Gasteiger charge is 2.34. The molecular formula is C13H20N4O2. The molecule has 0 spiro atoms. The Morgan fingerprint density at radius 1 is 1.16 bits per heavy atom. The number of likely N-dealkylation sites (tertiary alicyclic amines) is 1. The van der Waals surface area contributed by atoms with Crippen LogP contribution in [0.1, 0.15) is 50.6 Å². The first-order valence-corrected chi connectivity index (χ1v) is 7.13. The van der Waals surface area contributed by atoms with Crippen molar-refractivity contribution in [3.63, 3.8) is 0 Å². The van der Waals surface area contributed by atoms with Crippen LogP contribution in [0, 0.1) is 0 Å². The second-order valence-electron chi connectivity index (χ2n) is 5.59. The van der Waals surface area contributed by atoms with E-state index in [4.69, 9.17) is 0 Å². The molecule has 0 unspecified atom stereocenters. The molecule has 1 aromatic heterocycles. The van der Waals surface area contributed by atoms with Crippen LogP contribution >= 0.6 is 0 Å². The van der Waals surface area contributed by atoms with Crippen LogP contribution in [0.3, 0.4) is 0 Å². The van der Waals surface area contributed by atoms with E-state index in [2.05, 4.69) is 10.2 Å². The van der Waals surface area contributed by atoms with E-state index in [0.29, 0.717) is 18.5 Å². The number of aliphatic hydroxyl groups is 1. The molecular weight excluding hydrogens is 244 g/mol. The molecule has 1 aromatic rings. The van der Waals surface area contributed by atoms with E-state index in [0.717, 1.165) is 50.0 Å². The summed E-state index contributed by atoms with van der Waals surface area (Å²) in [7, 11) is 0. The SMILES string of the molecule is O=C(N1CCCC1)n1ncc(C2(O)CCCCC2)n1. The van der Waals surface area contributed by atoms with Crippen molar-refractivity contribution in [2.75, 3.05) is 13.1 Å². The lowest BCUT2D eigenvalue weighted by atomic mass is 9.83. The average molecular weight is 264 g/mol. The molecule has 0 radical (unpaired) electrons. The van der Waals surface area contributed by atoms with Gasteiger partial charge in [0.05, 0.1) is 6.20 Å². The van der Waals surface area contributed by atoms with Crippen LogP contribution in [-0.2, 0) is 5.60 Å². The van der Waals surface area contributed by atoms with Gasteiger partial charge in [0.1, 0.15) is 11.3 Å². The number of aromatic nitrogens is 3. The fourth-order valence-electron chi connectivity index (χ4n) is 3.00. The molecule has 0 aromatic carbocycles. The van der Waals surface area contributed by atoms with E-state index < -0.39 is 5.60 Å². The minimum atomic E-state index is -0.887. The van der Waals surface area contributed by atoms with Crippen LogP contribution in [0.25, 0.3) is 0 Å². The number of carbonyl (C=O) groups is 1. The lowest BCUT2D eigenvalue weighted by Gasteiger charge is -2.29. The van der Waals surface area contributed by atoms with Crippen LogP contribution in [-0.4, -0.2) is 44.1 Å². The summed E-state index contributed by atoms with van der Waals surface area (Å²) in [5, 5.41) is 18.8. The van der Waals surface area contributed by atoms with Crippen LogP contribution in [0.2, 0.25) is 0 Å². The highest BCUT2D eigenvalue weighted by molar-refractivity contribution is 5.75. The van der Waals surface area contributed by atoms with Gasteiger partial charge in [0.2, 0.25) is 0 Å². The molecule has 0 atom stereocenters. The van der Waals surface area contributed by atoms with Gasteiger partial charge in [-0.1, -0.05) is 24.1 Å². The number of carbonyl (C=O) groups excluding carboxylic acids is 1. The Balaban J connectivity index is 1.76. The van der Waals surface area contributed by atoms with Crippen molar-refractivity contribution in [2.45, 2.75) is 50.5 Å². The van der Waals surface area contributed by atoms with E-state index in [1.165, 1.54) is 0 Å². The van der Waals surface area contributed by atoms with Gasteiger partial charge in [-0.2, -0.15) is 5.10 Å². The summed E-state index contributed by atoms with van der Waals surface area (Å²) in [6, 6.07) is -0.178. The molecule has 6 heteroatoms. The summed E-state index contributed by atoms with van der Waals surface area (Å²) in [5.74, 6) is 0. The molecule has 1 saturated heterocycles. The van der Waals surface area contributed by atoms with E-state index in [1.54, 1.807) is 11.1 Å². The molecule has 0 bridgehead atoms. The molecule has 1 amide bonds. The minimum absolute atomic E-state index is 0.178. The maximum Gasteiger partial charge on any atom is 0.362 e. The normalized spacial score (nSPS) is 22.7. The van der Waals surface area contributed by atoms with Gasteiger partial charge < -0.3 is 10.0 Å². The molecule has 1 aliphatic heterocycles. The number of hydrogen-bond acceptors (Lipinski definition) is 4. The lowest BCUT2D eigenvalue weighted by Crippen LogP contribution is -2.34. The molecule has 19 heavy (non-hydrogen) atoms. The number of rotatable bonds is 1. The Morgan fingerprint density at radius 3 is 2.53 bits per heavy atom. The summed E-state index contributed by atoms with van der Waals surface area (Å²) in [5.41, 5.74) is -0.346. The van der Waals surface area contributed by atoms with Gasteiger partial charge in [0.25, 0.3) is 0 Å². The molecule has 2 aliphatic rings. The average Bonchev–Trinajstić information content (AvgIpc) is 3.11. The number of hydrogen-bond donors (Lipinski definition) is 1. The van der Waals surface area contributed by atoms with Crippen molar-refractivity contribution in [1.82, 2.24) is 19.9 Å². The third-order valence-corrected chi connectivity index (χ3v) is 4.20. The minimum Gasteiger partial charge on any atom is -0.383 e. The number of nitrogens with zero attached hydrogens (tertiary/aromatic N) is 4. The van der Waals surface area contributed by atoms with Crippen molar-refractivity contribution < 1.29 is 9.90 Å². The van der Waals surface area contributed by atoms with Crippen molar-refractivity contribution in [1.29, 1.82) is 0 Å². The second kappa shape index (κ2) is 4.92. The maximum absolute atomic E-state index is 12.1. The van der Waals surface area contributed by atoms with Crippen LogP contribution in [0.4, 0.5) is 4.79 Å². The Hall–Kier alpha value is -1.43. The van der Waals surface area contributed by atoms with Gasteiger partial charge >= 0.3 is 6.03 Å². The zero-order chi connectivity index (χ0) is 13.3. The summed E-state index contributed by atoms with van der Waals surface area (Å²) in [6.45, 7) is 1.56. The van der Waals surface area contributed by atoms with Crippen LogP contribution in [0.15, 0.2) is 6.20 Å². The summed E-state index contributed by atoms with van der Waals surface area (Å²) in [4.78, 5) is 15.0. The fraction of sp³-hybridized carbons (Fsp3) is 0.769. The molecule has 1 aliphatic carbocycles. The van der Waals surface area contributed by atoms with Gasteiger partial charge in [-0.05, 0) is 25.7 Å². The predicted molar refractivity (Wildman–Crippen MR) is 68.6 cm³/mol. The smallest absolute Gasteiger partial charge is 0.362 e. The Kier molecular flexibility index (Phi) is 3.26. The molecule has 104 valence electrons. The summed E-state index contributed by atoms with van der Waals surface area (Å²) in [6.07, 6.45) is 8.22. The van der Waals surface area contributed by atoms with E-state index >= 15 is 0 Å². The molecule has 2 fully saturated rings. The standard InChI is InChI=1S/C13H20N4O2/c18-12(16-8-4-5-9-16)17-14-10-11(15-17)13(19)6-2-1-3-7-13/h10,19H,1-9H2. The Morgan fingerprint density at radius 2 is 1.84 bits per heavy atom. The van der Waals surface area contributed by atoms with Crippen LogP contribution < -0.4 is 0 Å². The monoisotopic (exact) mass is 264 g/mol. The van der Waals surface area contributed by atoms with Gasteiger partial charge in [-0.15, -0.1) is 5.10 Å². The third-order valence-electron chi connectivity index (χ3n) is 4.20. The largest absolute Gasteiger partial charge is 0.383 e. The van der Waals surface area contributed by atoms with Crippen molar-refractivity contribution in [3.05, 3.63) is 11.9 Å². The highest BCUT2D eigenvalue weighted by Crippen LogP contribution is 2.35. The first kappa shape index (κ1) is 12.6. The first-order valence-electron chi connectivity index (χ1n) is 7.13. The highest BCUT2D eigenvalue weighted by atomic mass is 16.3. The lowest BCUT2D eigenvalue weighted by molar-refractivity contribution is -0.00499. The van der Waals surface area contributed by atoms with Crippen molar-refractivity contribution >= 4 is 6.03 Å². The molecule has 1 saturated carbocycles. The van der Waals surface area contributed by atoms with Gasteiger partial charge in [-0.3, -0.25) is 0 Å².